The van der Waals surface area contributed by atoms with Crippen LogP contribution in [0, 0.1) is 11.8 Å². The Kier molecular flexibility index (Phi) is 7.35. The van der Waals surface area contributed by atoms with Crippen LogP contribution in [0.4, 0.5) is 0 Å². The molecule has 0 aromatic heterocycles. The minimum atomic E-state index is 0.798. The van der Waals surface area contributed by atoms with Crippen molar-refractivity contribution in [2.75, 3.05) is 20.1 Å². The molecule has 80 valence electrons. The second-order valence-corrected chi connectivity index (χ2v) is 4.63. The molecule has 0 bridgehead atoms. The van der Waals surface area contributed by atoms with Gasteiger partial charge in [0.15, 0.2) is 0 Å². The standard InChI is InChI=1S/C12H27N/c1-6-12(7-2)8-9-13(5)10-11(3)4/h11-12H,6-10H2,1-5H3. The van der Waals surface area contributed by atoms with Crippen molar-refractivity contribution in [2.24, 2.45) is 11.8 Å². The van der Waals surface area contributed by atoms with Crippen LogP contribution in [0.25, 0.3) is 0 Å². The van der Waals surface area contributed by atoms with Crippen molar-refractivity contribution in [2.45, 2.75) is 47.0 Å². The summed E-state index contributed by atoms with van der Waals surface area (Å²) in [6.07, 6.45) is 4.05. The van der Waals surface area contributed by atoms with Crippen LogP contribution in [0.1, 0.15) is 47.0 Å². The monoisotopic (exact) mass is 185 g/mol. The molecule has 0 fully saturated rings. The van der Waals surface area contributed by atoms with E-state index >= 15 is 0 Å². The first-order valence-electron chi connectivity index (χ1n) is 5.78. The smallest absolute Gasteiger partial charge is 0.000133 e. The molecule has 1 nitrogen and oxygen atoms in total. The summed E-state index contributed by atoms with van der Waals surface area (Å²) < 4.78 is 0. The predicted molar refractivity (Wildman–Crippen MR) is 61.0 cm³/mol. The molecule has 0 saturated carbocycles. The Morgan fingerprint density at radius 2 is 1.62 bits per heavy atom. The highest BCUT2D eigenvalue weighted by molar-refractivity contribution is 4.60. The lowest BCUT2D eigenvalue weighted by atomic mass is 9.99. The topological polar surface area (TPSA) is 3.24 Å². The van der Waals surface area contributed by atoms with Crippen LogP contribution in [0.2, 0.25) is 0 Å². The SMILES string of the molecule is CCC(CC)CCN(C)CC(C)C. The third-order valence-electron chi connectivity index (χ3n) is 2.75. The van der Waals surface area contributed by atoms with Gasteiger partial charge in [-0.25, -0.2) is 0 Å². The van der Waals surface area contributed by atoms with Crippen LogP contribution >= 0.6 is 0 Å². The molecular formula is C12H27N. The minimum Gasteiger partial charge on any atom is -0.306 e. The fourth-order valence-corrected chi connectivity index (χ4v) is 1.81. The fourth-order valence-electron chi connectivity index (χ4n) is 1.81. The van der Waals surface area contributed by atoms with Crippen molar-refractivity contribution in [1.82, 2.24) is 4.90 Å². The number of nitrogens with zero attached hydrogens (tertiary/aromatic N) is 1. The van der Waals surface area contributed by atoms with Gasteiger partial charge in [0.1, 0.15) is 0 Å². The molecule has 0 atom stereocenters. The van der Waals surface area contributed by atoms with Crippen LogP contribution in [-0.4, -0.2) is 25.0 Å². The molecular weight excluding hydrogens is 158 g/mol. The molecule has 0 rings (SSSR count). The van der Waals surface area contributed by atoms with Crippen molar-refractivity contribution >= 4 is 0 Å². The molecule has 0 N–H and O–H groups in total. The first kappa shape index (κ1) is 13.0. The molecule has 0 unspecified atom stereocenters. The molecule has 0 saturated heterocycles. The third kappa shape index (κ3) is 7.06. The molecule has 0 heterocycles. The normalized spacial score (nSPS) is 12.0. The molecule has 0 amide bonds. The van der Waals surface area contributed by atoms with E-state index in [9.17, 15) is 0 Å². The van der Waals surface area contributed by atoms with Gasteiger partial charge >= 0.3 is 0 Å². The van der Waals surface area contributed by atoms with Crippen molar-refractivity contribution < 1.29 is 0 Å². The van der Waals surface area contributed by atoms with E-state index in [0.717, 1.165) is 11.8 Å². The summed E-state index contributed by atoms with van der Waals surface area (Å²) in [6, 6.07) is 0. The summed E-state index contributed by atoms with van der Waals surface area (Å²) >= 11 is 0. The molecule has 0 aromatic carbocycles. The zero-order chi connectivity index (χ0) is 10.3. The second kappa shape index (κ2) is 7.37. The largest absolute Gasteiger partial charge is 0.306 e. The predicted octanol–water partition coefficient (Wildman–Crippen LogP) is 3.40. The number of hydrogen-bond acceptors (Lipinski definition) is 1. The lowest BCUT2D eigenvalue weighted by molar-refractivity contribution is 0.266. The Hall–Kier alpha value is -0.0400. The summed E-state index contributed by atoms with van der Waals surface area (Å²) in [6.45, 7) is 11.7. The fraction of sp³-hybridized carbons (Fsp3) is 1.00. The van der Waals surface area contributed by atoms with Crippen LogP contribution in [0.15, 0.2) is 0 Å². The van der Waals surface area contributed by atoms with E-state index < -0.39 is 0 Å². The van der Waals surface area contributed by atoms with Crippen LogP contribution in [0.5, 0.6) is 0 Å². The van der Waals surface area contributed by atoms with Gasteiger partial charge in [0.25, 0.3) is 0 Å². The first-order valence-corrected chi connectivity index (χ1v) is 5.78. The van der Waals surface area contributed by atoms with Gasteiger partial charge in [0.05, 0.1) is 0 Å². The quantitative estimate of drug-likeness (QED) is 0.587. The lowest BCUT2D eigenvalue weighted by Crippen LogP contribution is -2.25. The molecule has 0 aliphatic rings. The molecule has 0 aromatic rings. The van der Waals surface area contributed by atoms with Crippen molar-refractivity contribution in [3.8, 4) is 0 Å². The number of hydrogen-bond donors (Lipinski definition) is 0. The lowest BCUT2D eigenvalue weighted by Gasteiger charge is -2.21. The first-order chi connectivity index (χ1) is 6.10. The van der Waals surface area contributed by atoms with E-state index in [2.05, 4.69) is 39.6 Å². The summed E-state index contributed by atoms with van der Waals surface area (Å²) in [4.78, 5) is 2.46. The molecule has 0 aliphatic carbocycles. The van der Waals surface area contributed by atoms with Crippen molar-refractivity contribution in [3.05, 3.63) is 0 Å². The second-order valence-electron chi connectivity index (χ2n) is 4.63. The summed E-state index contributed by atoms with van der Waals surface area (Å²) in [5.41, 5.74) is 0. The summed E-state index contributed by atoms with van der Waals surface area (Å²) in [7, 11) is 2.24. The average Bonchev–Trinajstić information content (AvgIpc) is 2.05. The van der Waals surface area contributed by atoms with Crippen molar-refractivity contribution in [1.29, 1.82) is 0 Å². The summed E-state index contributed by atoms with van der Waals surface area (Å²) in [5, 5.41) is 0. The van der Waals surface area contributed by atoms with E-state index in [-0.39, 0.29) is 0 Å². The van der Waals surface area contributed by atoms with Gasteiger partial charge < -0.3 is 4.90 Å². The molecule has 0 radical (unpaired) electrons. The zero-order valence-corrected chi connectivity index (χ0v) is 10.1. The highest BCUT2D eigenvalue weighted by atomic mass is 15.1. The van der Waals surface area contributed by atoms with E-state index in [1.54, 1.807) is 0 Å². The summed E-state index contributed by atoms with van der Waals surface area (Å²) in [5.74, 6) is 1.74. The molecule has 0 spiro atoms. The van der Waals surface area contributed by atoms with Crippen LogP contribution < -0.4 is 0 Å². The van der Waals surface area contributed by atoms with Crippen molar-refractivity contribution in [3.63, 3.8) is 0 Å². The van der Waals surface area contributed by atoms with E-state index in [0.29, 0.717) is 0 Å². The maximum absolute atomic E-state index is 2.46. The Morgan fingerprint density at radius 3 is 2.00 bits per heavy atom. The maximum Gasteiger partial charge on any atom is 0.000133 e. The third-order valence-corrected chi connectivity index (χ3v) is 2.75. The van der Waals surface area contributed by atoms with E-state index in [1.165, 1.54) is 32.4 Å². The van der Waals surface area contributed by atoms with Crippen LogP contribution in [0.3, 0.4) is 0 Å². The Bertz CT molecular complexity index is 106. The van der Waals surface area contributed by atoms with Gasteiger partial charge in [-0.1, -0.05) is 40.5 Å². The highest BCUT2D eigenvalue weighted by Gasteiger charge is 2.06. The van der Waals surface area contributed by atoms with E-state index in [4.69, 9.17) is 0 Å². The van der Waals surface area contributed by atoms with Gasteiger partial charge in [-0.3, -0.25) is 0 Å². The van der Waals surface area contributed by atoms with Gasteiger partial charge in [-0.15, -0.1) is 0 Å². The molecule has 1 heteroatoms. The van der Waals surface area contributed by atoms with E-state index in [1.807, 2.05) is 0 Å². The Labute approximate surface area is 84.5 Å². The minimum absolute atomic E-state index is 0.798. The average molecular weight is 185 g/mol. The Balaban J connectivity index is 3.49. The van der Waals surface area contributed by atoms with Gasteiger partial charge in [0, 0.05) is 6.54 Å². The number of rotatable bonds is 7. The van der Waals surface area contributed by atoms with Gasteiger partial charge in [-0.2, -0.15) is 0 Å². The van der Waals surface area contributed by atoms with Gasteiger partial charge in [-0.05, 0) is 31.8 Å². The zero-order valence-electron chi connectivity index (χ0n) is 10.1. The van der Waals surface area contributed by atoms with Crippen LogP contribution in [-0.2, 0) is 0 Å². The highest BCUT2D eigenvalue weighted by Crippen LogP contribution is 2.12. The van der Waals surface area contributed by atoms with Gasteiger partial charge in [0.2, 0.25) is 0 Å². The Morgan fingerprint density at radius 1 is 1.08 bits per heavy atom. The molecule has 0 aliphatic heterocycles. The maximum atomic E-state index is 2.46. The molecule has 13 heavy (non-hydrogen) atoms.